The summed E-state index contributed by atoms with van der Waals surface area (Å²) in [7, 11) is 4.36. The number of nitrogens with zero attached hydrogens (tertiary/aromatic N) is 2. The molecule has 0 amide bonds. The molecule has 0 aromatic heterocycles. The molecule has 1 heterocycles. The molecule has 1 aliphatic heterocycles. The van der Waals surface area contributed by atoms with E-state index in [2.05, 4.69) is 55.1 Å². The maximum atomic E-state index is 2.55. The van der Waals surface area contributed by atoms with Crippen molar-refractivity contribution in [2.45, 2.75) is 25.9 Å². The zero-order valence-corrected chi connectivity index (χ0v) is 10.6. The molecule has 88 valence electrons. The summed E-state index contributed by atoms with van der Waals surface area (Å²) < 4.78 is 0. The van der Waals surface area contributed by atoms with Gasteiger partial charge in [0.15, 0.2) is 0 Å². The van der Waals surface area contributed by atoms with E-state index in [1.54, 1.807) is 0 Å². The maximum Gasteiger partial charge on any atom is 0.0234 e. The van der Waals surface area contributed by atoms with Gasteiger partial charge in [-0.3, -0.25) is 4.90 Å². The minimum Gasteiger partial charge on any atom is -0.305 e. The Morgan fingerprint density at radius 3 is 2.50 bits per heavy atom. The second kappa shape index (κ2) is 4.98. The van der Waals surface area contributed by atoms with Crippen molar-refractivity contribution >= 4 is 0 Å². The van der Waals surface area contributed by atoms with E-state index in [0.717, 1.165) is 12.6 Å². The molecule has 1 aromatic rings. The van der Waals surface area contributed by atoms with Crippen LogP contribution >= 0.6 is 0 Å². The van der Waals surface area contributed by atoms with Crippen LogP contribution in [-0.2, 0) is 6.54 Å². The molecule has 1 aliphatic rings. The highest BCUT2D eigenvalue weighted by Crippen LogP contribution is 2.16. The van der Waals surface area contributed by atoms with Gasteiger partial charge in [0, 0.05) is 25.7 Å². The van der Waals surface area contributed by atoms with Crippen molar-refractivity contribution < 1.29 is 0 Å². The fraction of sp³-hybridized carbons (Fsp3) is 0.571. The van der Waals surface area contributed by atoms with E-state index in [1.807, 2.05) is 0 Å². The van der Waals surface area contributed by atoms with Gasteiger partial charge < -0.3 is 4.90 Å². The quantitative estimate of drug-likeness (QED) is 0.767. The largest absolute Gasteiger partial charge is 0.305 e. The summed E-state index contributed by atoms with van der Waals surface area (Å²) in [6.45, 7) is 5.68. The molecule has 1 fully saturated rings. The van der Waals surface area contributed by atoms with Crippen LogP contribution in [0.15, 0.2) is 24.3 Å². The van der Waals surface area contributed by atoms with E-state index in [-0.39, 0.29) is 0 Å². The van der Waals surface area contributed by atoms with Crippen LogP contribution in [-0.4, -0.2) is 43.0 Å². The second-order valence-electron chi connectivity index (χ2n) is 5.13. The average molecular weight is 218 g/mol. The highest BCUT2D eigenvalue weighted by Gasteiger charge is 2.23. The van der Waals surface area contributed by atoms with Crippen LogP contribution in [0.5, 0.6) is 0 Å². The summed E-state index contributed by atoms with van der Waals surface area (Å²) >= 11 is 0. The van der Waals surface area contributed by atoms with Gasteiger partial charge in [-0.15, -0.1) is 0 Å². The zero-order valence-electron chi connectivity index (χ0n) is 10.6. The Hall–Kier alpha value is -0.860. The molecule has 0 bridgehead atoms. The van der Waals surface area contributed by atoms with Crippen molar-refractivity contribution in [3.8, 4) is 0 Å². The Morgan fingerprint density at radius 1 is 1.25 bits per heavy atom. The van der Waals surface area contributed by atoms with Gasteiger partial charge in [0.25, 0.3) is 0 Å². The number of aryl methyl sites for hydroxylation is 1. The van der Waals surface area contributed by atoms with Crippen molar-refractivity contribution in [1.29, 1.82) is 0 Å². The van der Waals surface area contributed by atoms with Gasteiger partial charge in [0.1, 0.15) is 0 Å². The molecule has 1 saturated heterocycles. The van der Waals surface area contributed by atoms with Crippen LogP contribution < -0.4 is 0 Å². The first kappa shape index (κ1) is 11.6. The molecule has 0 aliphatic carbocycles. The van der Waals surface area contributed by atoms with E-state index in [9.17, 15) is 0 Å². The van der Waals surface area contributed by atoms with Crippen LogP contribution in [0.3, 0.4) is 0 Å². The number of likely N-dealkylation sites (tertiary alicyclic amines) is 1. The summed E-state index contributed by atoms with van der Waals surface area (Å²) in [6, 6.07) is 9.64. The fourth-order valence-corrected chi connectivity index (χ4v) is 2.33. The lowest BCUT2D eigenvalue weighted by molar-refractivity contribution is 0.264. The van der Waals surface area contributed by atoms with Crippen LogP contribution in [0.25, 0.3) is 0 Å². The van der Waals surface area contributed by atoms with Crippen LogP contribution in [0.4, 0.5) is 0 Å². The first-order valence-electron chi connectivity index (χ1n) is 6.09. The molecule has 2 rings (SSSR count). The lowest BCUT2D eigenvalue weighted by atomic mass is 10.1. The van der Waals surface area contributed by atoms with E-state index in [0.29, 0.717) is 0 Å². The van der Waals surface area contributed by atoms with E-state index >= 15 is 0 Å². The first-order valence-corrected chi connectivity index (χ1v) is 6.09. The Kier molecular flexibility index (Phi) is 3.62. The fourth-order valence-electron chi connectivity index (χ4n) is 2.33. The van der Waals surface area contributed by atoms with E-state index in [4.69, 9.17) is 0 Å². The smallest absolute Gasteiger partial charge is 0.0234 e. The maximum absolute atomic E-state index is 2.55. The third kappa shape index (κ3) is 2.83. The molecule has 0 spiro atoms. The molecule has 0 N–H and O–H groups in total. The topological polar surface area (TPSA) is 6.48 Å². The number of hydrogen-bond acceptors (Lipinski definition) is 2. The standard InChI is InChI=1S/C14H22N2/c1-12-4-6-13(7-5-12)10-16-9-8-14(11-16)15(2)3/h4-7,14H,8-11H2,1-3H3/t14-/m0/s1. The molecule has 2 nitrogen and oxygen atoms in total. The van der Waals surface area contributed by atoms with Gasteiger partial charge in [0.2, 0.25) is 0 Å². The van der Waals surface area contributed by atoms with Gasteiger partial charge in [-0.1, -0.05) is 29.8 Å². The molecule has 0 unspecified atom stereocenters. The number of rotatable bonds is 3. The first-order chi connectivity index (χ1) is 7.65. The summed E-state index contributed by atoms with van der Waals surface area (Å²) in [5.74, 6) is 0. The molecule has 1 aromatic carbocycles. The van der Waals surface area contributed by atoms with Crippen LogP contribution in [0.2, 0.25) is 0 Å². The Balaban J connectivity index is 1.89. The zero-order chi connectivity index (χ0) is 11.5. The van der Waals surface area contributed by atoms with Crippen molar-refractivity contribution in [2.75, 3.05) is 27.2 Å². The van der Waals surface area contributed by atoms with Crippen molar-refractivity contribution in [3.63, 3.8) is 0 Å². The predicted octanol–water partition coefficient (Wildman–Crippen LogP) is 2.13. The van der Waals surface area contributed by atoms with Gasteiger partial charge in [-0.2, -0.15) is 0 Å². The van der Waals surface area contributed by atoms with Crippen LogP contribution in [0, 0.1) is 6.92 Å². The summed E-state index contributed by atoms with van der Waals surface area (Å²) in [5.41, 5.74) is 2.78. The summed E-state index contributed by atoms with van der Waals surface area (Å²) in [6.07, 6.45) is 1.30. The SMILES string of the molecule is Cc1ccc(CN2CC[C@H](N(C)C)C2)cc1. The molecular weight excluding hydrogens is 196 g/mol. The molecule has 0 radical (unpaired) electrons. The third-order valence-electron chi connectivity index (χ3n) is 3.50. The minimum absolute atomic E-state index is 0.741. The normalized spacial score (nSPS) is 21.9. The van der Waals surface area contributed by atoms with Crippen molar-refractivity contribution in [2.24, 2.45) is 0 Å². The predicted molar refractivity (Wildman–Crippen MR) is 68.5 cm³/mol. The van der Waals surface area contributed by atoms with Gasteiger partial charge in [-0.05, 0) is 33.0 Å². The third-order valence-corrected chi connectivity index (χ3v) is 3.50. The van der Waals surface area contributed by atoms with Gasteiger partial charge >= 0.3 is 0 Å². The average Bonchev–Trinajstić information content (AvgIpc) is 2.70. The van der Waals surface area contributed by atoms with E-state index < -0.39 is 0 Å². The monoisotopic (exact) mass is 218 g/mol. The number of hydrogen-bond donors (Lipinski definition) is 0. The highest BCUT2D eigenvalue weighted by molar-refractivity contribution is 5.21. The molecular formula is C14H22N2. The van der Waals surface area contributed by atoms with Crippen molar-refractivity contribution in [1.82, 2.24) is 9.80 Å². The Labute approximate surface area is 98.9 Å². The van der Waals surface area contributed by atoms with Gasteiger partial charge in [-0.25, -0.2) is 0 Å². The number of benzene rings is 1. The summed E-state index contributed by atoms with van der Waals surface area (Å²) in [4.78, 5) is 4.89. The van der Waals surface area contributed by atoms with E-state index in [1.165, 1.54) is 30.6 Å². The van der Waals surface area contributed by atoms with Gasteiger partial charge in [0.05, 0.1) is 0 Å². The molecule has 2 heteroatoms. The Bertz CT molecular complexity index is 329. The number of likely N-dealkylation sites (N-methyl/N-ethyl adjacent to an activating group) is 1. The molecule has 16 heavy (non-hydrogen) atoms. The molecule has 1 atom stereocenters. The second-order valence-corrected chi connectivity index (χ2v) is 5.13. The lowest BCUT2D eigenvalue weighted by Crippen LogP contribution is -2.31. The molecule has 0 saturated carbocycles. The minimum atomic E-state index is 0.741. The van der Waals surface area contributed by atoms with Crippen LogP contribution in [0.1, 0.15) is 17.5 Å². The highest BCUT2D eigenvalue weighted by atomic mass is 15.2. The lowest BCUT2D eigenvalue weighted by Gasteiger charge is -2.20. The Morgan fingerprint density at radius 2 is 1.94 bits per heavy atom. The van der Waals surface area contributed by atoms with Crippen molar-refractivity contribution in [3.05, 3.63) is 35.4 Å². The summed E-state index contributed by atoms with van der Waals surface area (Å²) in [5, 5.41) is 0.